The number of rotatable bonds is 7. The molecule has 0 aliphatic heterocycles. The molecule has 0 bridgehead atoms. The monoisotopic (exact) mass is 277 g/mol. The van der Waals surface area contributed by atoms with Crippen molar-refractivity contribution in [3.05, 3.63) is 34.9 Å². The zero-order valence-corrected chi connectivity index (χ0v) is 12.4. The maximum Gasteiger partial charge on any atom is 0.303 e. The molecule has 0 aliphatic carbocycles. The molecule has 110 valence electrons. The van der Waals surface area contributed by atoms with E-state index in [2.05, 4.69) is 5.32 Å². The third-order valence-corrected chi connectivity index (χ3v) is 3.41. The van der Waals surface area contributed by atoms with Gasteiger partial charge in [-0.2, -0.15) is 0 Å². The number of amides is 1. The third-order valence-electron chi connectivity index (χ3n) is 3.41. The number of carbonyl (C=O) groups is 2. The van der Waals surface area contributed by atoms with Crippen LogP contribution < -0.4 is 5.32 Å². The molecule has 4 heteroatoms. The Labute approximate surface area is 120 Å². The Balaban J connectivity index is 2.40. The van der Waals surface area contributed by atoms with Crippen LogP contribution in [0.5, 0.6) is 0 Å². The van der Waals surface area contributed by atoms with Crippen LogP contribution in [0.15, 0.2) is 18.2 Å². The number of nitrogens with one attached hydrogen (secondary N) is 1. The summed E-state index contributed by atoms with van der Waals surface area (Å²) in [6.07, 6.45) is 1.63. The van der Waals surface area contributed by atoms with Gasteiger partial charge >= 0.3 is 5.97 Å². The van der Waals surface area contributed by atoms with Crippen LogP contribution in [0.2, 0.25) is 0 Å². The first-order chi connectivity index (χ1) is 9.40. The average molecular weight is 277 g/mol. The fourth-order valence-corrected chi connectivity index (χ4v) is 2.02. The second kappa shape index (κ2) is 7.68. The molecule has 1 rings (SSSR count). The standard InChI is InChI=1S/C16H23NO3/c1-11(5-7-15(18)19)8-9-17-16(20)14-10-12(2)4-6-13(14)3/h4,6,10-11H,5,7-9H2,1-3H3,(H,17,20)(H,18,19). The largest absolute Gasteiger partial charge is 0.481 e. The van der Waals surface area contributed by atoms with Crippen LogP contribution in [-0.4, -0.2) is 23.5 Å². The normalized spacial score (nSPS) is 11.9. The third kappa shape index (κ3) is 5.43. The van der Waals surface area contributed by atoms with Crippen molar-refractivity contribution < 1.29 is 14.7 Å². The maximum absolute atomic E-state index is 12.1. The average Bonchev–Trinajstić information content (AvgIpc) is 2.39. The lowest BCUT2D eigenvalue weighted by Crippen LogP contribution is -2.26. The summed E-state index contributed by atoms with van der Waals surface area (Å²) in [4.78, 5) is 22.5. The minimum Gasteiger partial charge on any atom is -0.481 e. The first-order valence-corrected chi connectivity index (χ1v) is 6.97. The molecule has 4 nitrogen and oxygen atoms in total. The Morgan fingerprint density at radius 2 is 1.95 bits per heavy atom. The SMILES string of the molecule is Cc1ccc(C)c(C(=O)NCCC(C)CCC(=O)O)c1. The second-order valence-electron chi connectivity index (χ2n) is 5.40. The van der Waals surface area contributed by atoms with Gasteiger partial charge in [-0.25, -0.2) is 0 Å². The lowest BCUT2D eigenvalue weighted by Gasteiger charge is -2.12. The summed E-state index contributed by atoms with van der Waals surface area (Å²) in [6, 6.07) is 5.82. The van der Waals surface area contributed by atoms with Crippen LogP contribution >= 0.6 is 0 Å². The van der Waals surface area contributed by atoms with Gasteiger partial charge in [-0.05, 0) is 44.2 Å². The van der Waals surface area contributed by atoms with E-state index >= 15 is 0 Å². The first kappa shape index (κ1) is 16.2. The van der Waals surface area contributed by atoms with Gasteiger partial charge in [0.25, 0.3) is 5.91 Å². The van der Waals surface area contributed by atoms with E-state index in [1.54, 1.807) is 0 Å². The fraction of sp³-hybridized carbons (Fsp3) is 0.500. The van der Waals surface area contributed by atoms with Crippen LogP contribution in [0.4, 0.5) is 0 Å². The molecule has 0 aliphatic rings. The van der Waals surface area contributed by atoms with E-state index in [0.29, 0.717) is 24.4 Å². The molecule has 0 saturated heterocycles. The first-order valence-electron chi connectivity index (χ1n) is 6.97. The highest BCUT2D eigenvalue weighted by Gasteiger charge is 2.10. The topological polar surface area (TPSA) is 66.4 Å². The van der Waals surface area contributed by atoms with Crippen LogP contribution in [0, 0.1) is 19.8 Å². The molecular weight excluding hydrogens is 254 g/mol. The van der Waals surface area contributed by atoms with Gasteiger partial charge in [0.05, 0.1) is 0 Å². The molecular formula is C16H23NO3. The number of hydrogen-bond donors (Lipinski definition) is 2. The zero-order valence-electron chi connectivity index (χ0n) is 12.4. The lowest BCUT2D eigenvalue weighted by molar-refractivity contribution is -0.137. The number of aryl methyl sites for hydroxylation is 2. The van der Waals surface area contributed by atoms with E-state index in [0.717, 1.165) is 17.5 Å². The van der Waals surface area contributed by atoms with Crippen molar-refractivity contribution in [2.45, 2.75) is 40.0 Å². The van der Waals surface area contributed by atoms with Gasteiger partial charge in [-0.15, -0.1) is 0 Å². The van der Waals surface area contributed by atoms with E-state index in [-0.39, 0.29) is 12.3 Å². The summed E-state index contributed by atoms with van der Waals surface area (Å²) >= 11 is 0. The fourth-order valence-electron chi connectivity index (χ4n) is 2.02. The Hall–Kier alpha value is -1.84. The van der Waals surface area contributed by atoms with Crippen molar-refractivity contribution in [2.24, 2.45) is 5.92 Å². The van der Waals surface area contributed by atoms with Crippen molar-refractivity contribution in [1.82, 2.24) is 5.32 Å². The maximum atomic E-state index is 12.1. The molecule has 0 heterocycles. The highest BCUT2D eigenvalue weighted by molar-refractivity contribution is 5.95. The molecule has 2 N–H and O–H groups in total. The second-order valence-corrected chi connectivity index (χ2v) is 5.40. The van der Waals surface area contributed by atoms with Crippen LogP contribution in [0.25, 0.3) is 0 Å². The van der Waals surface area contributed by atoms with Gasteiger partial charge < -0.3 is 10.4 Å². The molecule has 20 heavy (non-hydrogen) atoms. The van der Waals surface area contributed by atoms with Gasteiger partial charge in [0.15, 0.2) is 0 Å². The molecule has 1 amide bonds. The number of hydrogen-bond acceptors (Lipinski definition) is 2. The van der Waals surface area contributed by atoms with Crippen LogP contribution in [0.1, 0.15) is 47.7 Å². The van der Waals surface area contributed by atoms with E-state index in [1.807, 2.05) is 39.0 Å². The molecule has 0 aromatic heterocycles. The number of benzene rings is 1. The summed E-state index contributed by atoms with van der Waals surface area (Å²) in [6.45, 7) is 6.47. The highest BCUT2D eigenvalue weighted by atomic mass is 16.4. The number of carbonyl (C=O) groups excluding carboxylic acids is 1. The van der Waals surface area contributed by atoms with E-state index < -0.39 is 5.97 Å². The Morgan fingerprint density at radius 3 is 2.60 bits per heavy atom. The van der Waals surface area contributed by atoms with Crippen molar-refractivity contribution >= 4 is 11.9 Å². The minimum absolute atomic E-state index is 0.0587. The Bertz CT molecular complexity index is 483. The van der Waals surface area contributed by atoms with E-state index in [1.165, 1.54) is 0 Å². The van der Waals surface area contributed by atoms with Crippen molar-refractivity contribution in [1.29, 1.82) is 0 Å². The molecule has 1 aromatic rings. The molecule has 0 saturated carbocycles. The Morgan fingerprint density at radius 1 is 1.25 bits per heavy atom. The zero-order chi connectivity index (χ0) is 15.1. The van der Waals surface area contributed by atoms with Crippen LogP contribution in [0.3, 0.4) is 0 Å². The van der Waals surface area contributed by atoms with Crippen molar-refractivity contribution in [3.8, 4) is 0 Å². The molecule has 1 atom stereocenters. The van der Waals surface area contributed by atoms with Gasteiger partial charge in [0, 0.05) is 18.5 Å². The van der Waals surface area contributed by atoms with Crippen LogP contribution in [-0.2, 0) is 4.79 Å². The minimum atomic E-state index is -0.767. The van der Waals surface area contributed by atoms with E-state index in [4.69, 9.17) is 5.11 Å². The Kier molecular flexibility index (Phi) is 6.22. The number of carboxylic acid groups (broad SMARTS) is 1. The number of carboxylic acids is 1. The summed E-state index contributed by atoms with van der Waals surface area (Å²) in [5.74, 6) is -0.530. The smallest absolute Gasteiger partial charge is 0.303 e. The summed E-state index contributed by atoms with van der Waals surface area (Å²) in [5, 5.41) is 11.5. The quantitative estimate of drug-likeness (QED) is 0.805. The summed E-state index contributed by atoms with van der Waals surface area (Å²) < 4.78 is 0. The van der Waals surface area contributed by atoms with Gasteiger partial charge in [-0.3, -0.25) is 9.59 Å². The van der Waals surface area contributed by atoms with Gasteiger partial charge in [0.2, 0.25) is 0 Å². The van der Waals surface area contributed by atoms with Gasteiger partial charge in [0.1, 0.15) is 0 Å². The molecule has 0 spiro atoms. The predicted molar refractivity (Wildman–Crippen MR) is 78.9 cm³/mol. The summed E-state index contributed by atoms with van der Waals surface area (Å²) in [7, 11) is 0. The molecule has 0 fully saturated rings. The van der Waals surface area contributed by atoms with Crippen molar-refractivity contribution in [3.63, 3.8) is 0 Å². The molecule has 1 unspecified atom stereocenters. The molecule has 0 radical (unpaired) electrons. The van der Waals surface area contributed by atoms with E-state index in [9.17, 15) is 9.59 Å². The predicted octanol–water partition coefficient (Wildman–Crippen LogP) is 2.92. The van der Waals surface area contributed by atoms with Crippen molar-refractivity contribution in [2.75, 3.05) is 6.54 Å². The summed E-state index contributed by atoms with van der Waals surface area (Å²) in [5.41, 5.74) is 2.74. The highest BCUT2D eigenvalue weighted by Crippen LogP contribution is 2.12. The molecule has 1 aromatic carbocycles. The number of aliphatic carboxylic acids is 1. The van der Waals surface area contributed by atoms with Gasteiger partial charge in [-0.1, -0.05) is 24.6 Å². The lowest BCUT2D eigenvalue weighted by atomic mass is 10.0.